The average Bonchev–Trinajstić information content (AvgIpc) is 2.72. The number of hydrogen-bond acceptors (Lipinski definition) is 3. The van der Waals surface area contributed by atoms with Crippen LogP contribution in [-0.4, -0.2) is 16.6 Å². The molecule has 1 aromatic heterocycles. The van der Waals surface area contributed by atoms with E-state index >= 15 is 0 Å². The standard InChI is InChI=1S/C23H17NO2/c25-22(16-14-18-8-3-1-4-9-18)20-12-7-13-21(24-20)23(26)17-15-19-10-5-2-6-11-19/h1-17H. The van der Waals surface area contributed by atoms with E-state index in [9.17, 15) is 9.59 Å². The second-order valence-corrected chi connectivity index (χ2v) is 5.62. The highest BCUT2D eigenvalue weighted by atomic mass is 16.1. The Morgan fingerprint density at radius 3 is 1.42 bits per heavy atom. The number of carbonyl (C=O) groups is 2. The SMILES string of the molecule is O=C(C=Cc1ccccc1)c1cccc(C(=O)C=Cc2ccccc2)n1. The molecule has 0 saturated heterocycles. The van der Waals surface area contributed by atoms with Crippen LogP contribution in [0.2, 0.25) is 0 Å². The highest BCUT2D eigenvalue weighted by Crippen LogP contribution is 2.08. The molecule has 0 amide bonds. The molecule has 0 saturated carbocycles. The van der Waals surface area contributed by atoms with Crippen molar-refractivity contribution in [3.05, 3.63) is 114 Å². The third-order valence-electron chi connectivity index (χ3n) is 3.71. The van der Waals surface area contributed by atoms with Crippen LogP contribution in [0.15, 0.2) is 91.0 Å². The highest BCUT2D eigenvalue weighted by Gasteiger charge is 2.08. The molecule has 1 heterocycles. The zero-order valence-corrected chi connectivity index (χ0v) is 14.1. The van der Waals surface area contributed by atoms with Gasteiger partial charge in [0.1, 0.15) is 11.4 Å². The summed E-state index contributed by atoms with van der Waals surface area (Å²) in [6.45, 7) is 0. The van der Waals surface area contributed by atoms with Gasteiger partial charge in [0.05, 0.1) is 0 Å². The molecule has 126 valence electrons. The van der Waals surface area contributed by atoms with Gasteiger partial charge in [0.2, 0.25) is 11.6 Å². The lowest BCUT2D eigenvalue weighted by molar-refractivity contribution is 0.104. The Hall–Kier alpha value is -3.59. The van der Waals surface area contributed by atoms with Crippen molar-refractivity contribution in [1.29, 1.82) is 0 Å². The molecular formula is C23H17NO2. The van der Waals surface area contributed by atoms with Gasteiger partial charge in [-0.3, -0.25) is 9.59 Å². The Labute approximate surface area is 152 Å². The smallest absolute Gasteiger partial charge is 0.204 e. The molecule has 0 radical (unpaired) electrons. The van der Waals surface area contributed by atoms with Crippen LogP contribution in [0.3, 0.4) is 0 Å². The number of hydrogen-bond donors (Lipinski definition) is 0. The molecule has 0 fully saturated rings. The van der Waals surface area contributed by atoms with E-state index in [-0.39, 0.29) is 23.0 Å². The van der Waals surface area contributed by atoms with Gasteiger partial charge in [-0.1, -0.05) is 78.9 Å². The number of nitrogens with zero attached hydrogens (tertiary/aromatic N) is 1. The summed E-state index contributed by atoms with van der Waals surface area (Å²) in [5, 5.41) is 0. The fourth-order valence-electron chi connectivity index (χ4n) is 2.35. The molecule has 0 spiro atoms. The van der Waals surface area contributed by atoms with Crippen LogP contribution in [-0.2, 0) is 0 Å². The maximum Gasteiger partial charge on any atom is 0.204 e. The molecule has 3 rings (SSSR count). The van der Waals surface area contributed by atoms with E-state index in [1.165, 1.54) is 12.2 Å². The molecule has 0 atom stereocenters. The third kappa shape index (κ3) is 4.71. The summed E-state index contributed by atoms with van der Waals surface area (Å²) in [7, 11) is 0. The van der Waals surface area contributed by atoms with Crippen LogP contribution in [0.25, 0.3) is 12.2 Å². The third-order valence-corrected chi connectivity index (χ3v) is 3.71. The van der Waals surface area contributed by atoms with Crippen LogP contribution in [0.5, 0.6) is 0 Å². The van der Waals surface area contributed by atoms with E-state index in [4.69, 9.17) is 0 Å². The van der Waals surface area contributed by atoms with Gasteiger partial charge in [0, 0.05) is 0 Å². The molecule has 0 aliphatic carbocycles. The van der Waals surface area contributed by atoms with Crippen molar-refractivity contribution in [3.8, 4) is 0 Å². The first-order valence-electron chi connectivity index (χ1n) is 8.24. The minimum absolute atomic E-state index is 0.240. The minimum Gasteiger partial charge on any atom is -0.288 e. The Morgan fingerprint density at radius 2 is 1.00 bits per heavy atom. The first kappa shape index (κ1) is 17.2. The largest absolute Gasteiger partial charge is 0.288 e. The predicted molar refractivity (Wildman–Crippen MR) is 104 cm³/mol. The van der Waals surface area contributed by atoms with Crippen molar-refractivity contribution in [1.82, 2.24) is 4.98 Å². The molecule has 0 aliphatic heterocycles. The summed E-state index contributed by atoms with van der Waals surface area (Å²) >= 11 is 0. The Balaban J connectivity index is 1.73. The fraction of sp³-hybridized carbons (Fsp3) is 0. The molecule has 0 unspecified atom stereocenters. The number of rotatable bonds is 6. The van der Waals surface area contributed by atoms with Gasteiger partial charge in [-0.2, -0.15) is 0 Å². The molecule has 26 heavy (non-hydrogen) atoms. The summed E-state index contributed by atoms with van der Waals surface area (Å²) in [6.07, 6.45) is 6.39. The maximum atomic E-state index is 12.3. The molecule has 0 N–H and O–H groups in total. The Kier molecular flexibility index (Phi) is 5.63. The minimum atomic E-state index is -0.240. The number of benzene rings is 2. The number of aromatic nitrogens is 1. The van der Waals surface area contributed by atoms with Gasteiger partial charge in [-0.25, -0.2) is 4.98 Å². The Morgan fingerprint density at radius 1 is 0.577 bits per heavy atom. The summed E-state index contributed by atoms with van der Waals surface area (Å²) in [6, 6.07) is 24.0. The molecule has 2 aromatic carbocycles. The quantitative estimate of drug-likeness (QED) is 0.475. The van der Waals surface area contributed by atoms with Crippen molar-refractivity contribution < 1.29 is 9.59 Å². The molecule has 3 nitrogen and oxygen atoms in total. The monoisotopic (exact) mass is 339 g/mol. The van der Waals surface area contributed by atoms with Crippen molar-refractivity contribution >= 4 is 23.7 Å². The van der Waals surface area contributed by atoms with Crippen molar-refractivity contribution in [2.24, 2.45) is 0 Å². The van der Waals surface area contributed by atoms with Gasteiger partial charge < -0.3 is 0 Å². The number of allylic oxidation sites excluding steroid dienone is 2. The van der Waals surface area contributed by atoms with Crippen LogP contribution in [0.4, 0.5) is 0 Å². The molecule has 3 aromatic rings. The second kappa shape index (κ2) is 8.49. The van der Waals surface area contributed by atoms with Crippen molar-refractivity contribution in [3.63, 3.8) is 0 Å². The molecule has 0 bridgehead atoms. The molecule has 3 heteroatoms. The summed E-state index contributed by atoms with van der Waals surface area (Å²) in [5.41, 5.74) is 2.35. The summed E-state index contributed by atoms with van der Waals surface area (Å²) in [4.78, 5) is 28.8. The number of ketones is 2. The van der Waals surface area contributed by atoms with Crippen LogP contribution in [0, 0.1) is 0 Å². The summed E-state index contributed by atoms with van der Waals surface area (Å²) in [5.74, 6) is -0.480. The number of pyridine rings is 1. The zero-order chi connectivity index (χ0) is 18.2. The van der Waals surface area contributed by atoms with Crippen molar-refractivity contribution in [2.75, 3.05) is 0 Å². The average molecular weight is 339 g/mol. The lowest BCUT2D eigenvalue weighted by Gasteiger charge is -1.99. The van der Waals surface area contributed by atoms with Gasteiger partial charge in [-0.05, 0) is 35.4 Å². The van der Waals surface area contributed by atoms with Crippen LogP contribution in [0.1, 0.15) is 32.1 Å². The van der Waals surface area contributed by atoms with Gasteiger partial charge in [0.25, 0.3) is 0 Å². The fourth-order valence-corrected chi connectivity index (χ4v) is 2.35. The first-order chi connectivity index (χ1) is 12.7. The normalized spacial score (nSPS) is 11.1. The predicted octanol–water partition coefficient (Wildman–Crippen LogP) is 4.87. The lowest BCUT2D eigenvalue weighted by atomic mass is 10.1. The Bertz CT molecular complexity index is 881. The molecule has 0 aliphatic rings. The second-order valence-electron chi connectivity index (χ2n) is 5.62. The van der Waals surface area contributed by atoms with E-state index in [0.717, 1.165) is 11.1 Å². The highest BCUT2D eigenvalue weighted by molar-refractivity contribution is 6.08. The first-order valence-corrected chi connectivity index (χ1v) is 8.24. The van der Waals surface area contributed by atoms with E-state index in [1.54, 1.807) is 30.4 Å². The van der Waals surface area contributed by atoms with E-state index in [2.05, 4.69) is 4.98 Å². The van der Waals surface area contributed by atoms with Gasteiger partial charge in [-0.15, -0.1) is 0 Å². The molecular weight excluding hydrogens is 322 g/mol. The van der Waals surface area contributed by atoms with E-state index < -0.39 is 0 Å². The van der Waals surface area contributed by atoms with E-state index in [0.29, 0.717) is 0 Å². The lowest BCUT2D eigenvalue weighted by Crippen LogP contribution is -2.05. The van der Waals surface area contributed by atoms with Gasteiger partial charge >= 0.3 is 0 Å². The van der Waals surface area contributed by atoms with E-state index in [1.807, 2.05) is 60.7 Å². The maximum absolute atomic E-state index is 12.3. The topological polar surface area (TPSA) is 47.0 Å². The zero-order valence-electron chi connectivity index (χ0n) is 14.1. The summed E-state index contributed by atoms with van der Waals surface area (Å²) < 4.78 is 0. The van der Waals surface area contributed by atoms with Crippen LogP contribution >= 0.6 is 0 Å². The van der Waals surface area contributed by atoms with Crippen molar-refractivity contribution in [2.45, 2.75) is 0 Å². The van der Waals surface area contributed by atoms with Gasteiger partial charge in [0.15, 0.2) is 0 Å². The van der Waals surface area contributed by atoms with Crippen LogP contribution < -0.4 is 0 Å². The number of carbonyl (C=O) groups excluding carboxylic acids is 2.